The van der Waals surface area contributed by atoms with Crippen LogP contribution in [0.15, 0.2) is 29.2 Å². The zero-order chi connectivity index (χ0) is 15.9. The minimum Gasteiger partial charge on any atom is -0.389 e. The summed E-state index contributed by atoms with van der Waals surface area (Å²) in [5.74, 6) is -0.443. The summed E-state index contributed by atoms with van der Waals surface area (Å²) < 4.78 is 31.1. The van der Waals surface area contributed by atoms with Crippen molar-refractivity contribution in [1.82, 2.24) is 10.0 Å². The lowest BCUT2D eigenvalue weighted by Crippen LogP contribution is -2.38. The summed E-state index contributed by atoms with van der Waals surface area (Å²) in [5.41, 5.74) is 5.90. The Labute approximate surface area is 128 Å². The van der Waals surface area contributed by atoms with Gasteiger partial charge in [0.2, 0.25) is 15.9 Å². The number of carbonyl (C=O) groups excluding carboxylic acids is 1. The third-order valence-electron chi connectivity index (χ3n) is 2.48. The van der Waals surface area contributed by atoms with Gasteiger partial charge in [-0.1, -0.05) is 24.4 Å². The summed E-state index contributed by atoms with van der Waals surface area (Å²) in [7, 11) is -2.30. The van der Waals surface area contributed by atoms with Gasteiger partial charge in [-0.3, -0.25) is 4.79 Å². The van der Waals surface area contributed by atoms with Gasteiger partial charge in [-0.05, 0) is 12.1 Å². The van der Waals surface area contributed by atoms with Crippen LogP contribution in [0.4, 0.5) is 0 Å². The van der Waals surface area contributed by atoms with Crippen molar-refractivity contribution >= 4 is 33.1 Å². The summed E-state index contributed by atoms with van der Waals surface area (Å²) in [6.45, 7) is 0.311. The number of hydrogen-bond acceptors (Lipinski definition) is 5. The highest BCUT2D eigenvalue weighted by molar-refractivity contribution is 7.89. The van der Waals surface area contributed by atoms with Crippen molar-refractivity contribution in [3.63, 3.8) is 0 Å². The molecule has 0 atom stereocenters. The Bertz CT molecular complexity index is 617. The number of rotatable bonds is 8. The number of sulfonamides is 1. The average Bonchev–Trinajstić information content (AvgIpc) is 2.45. The molecule has 1 aromatic carbocycles. The van der Waals surface area contributed by atoms with Gasteiger partial charge in [-0.15, -0.1) is 0 Å². The lowest BCUT2D eigenvalue weighted by atomic mass is 10.2. The van der Waals surface area contributed by atoms with Gasteiger partial charge in [-0.2, -0.15) is 0 Å². The zero-order valence-electron chi connectivity index (χ0n) is 11.5. The van der Waals surface area contributed by atoms with E-state index in [1.165, 1.54) is 25.3 Å². The van der Waals surface area contributed by atoms with Crippen LogP contribution in [0.3, 0.4) is 0 Å². The van der Waals surface area contributed by atoms with Crippen molar-refractivity contribution in [2.75, 3.05) is 26.8 Å². The standard InChI is InChI=1S/C12H17N3O4S2/c1-19-6-5-14-11(16)8-15-21(17,18)10-4-2-3-9(7-10)12(13)20/h2-4,7,15H,5-6,8H2,1H3,(H2,13,20)(H,14,16). The third kappa shape index (κ3) is 5.76. The lowest BCUT2D eigenvalue weighted by Gasteiger charge is -2.08. The van der Waals surface area contributed by atoms with E-state index in [-0.39, 0.29) is 16.4 Å². The molecule has 0 saturated heterocycles. The highest BCUT2D eigenvalue weighted by atomic mass is 32.2. The summed E-state index contributed by atoms with van der Waals surface area (Å²) in [5, 5.41) is 2.51. The molecule has 0 saturated carbocycles. The Balaban J connectivity index is 2.67. The van der Waals surface area contributed by atoms with E-state index >= 15 is 0 Å². The van der Waals surface area contributed by atoms with Crippen LogP contribution in [0.25, 0.3) is 0 Å². The number of methoxy groups -OCH3 is 1. The maximum absolute atomic E-state index is 12.0. The monoisotopic (exact) mass is 331 g/mol. The average molecular weight is 331 g/mol. The molecule has 0 aliphatic carbocycles. The minimum atomic E-state index is -3.80. The van der Waals surface area contributed by atoms with Gasteiger partial charge in [0.05, 0.1) is 18.0 Å². The number of benzene rings is 1. The molecule has 0 radical (unpaired) electrons. The molecule has 1 rings (SSSR count). The van der Waals surface area contributed by atoms with E-state index in [9.17, 15) is 13.2 Å². The number of nitrogens with two attached hydrogens (primary N) is 1. The van der Waals surface area contributed by atoms with Crippen molar-refractivity contribution in [3.8, 4) is 0 Å². The van der Waals surface area contributed by atoms with E-state index in [4.69, 9.17) is 22.7 Å². The SMILES string of the molecule is COCCNC(=O)CNS(=O)(=O)c1cccc(C(N)=S)c1. The van der Waals surface area contributed by atoms with Crippen LogP contribution in [0.2, 0.25) is 0 Å². The molecule has 0 aliphatic heterocycles. The fourth-order valence-electron chi connectivity index (χ4n) is 1.42. The fourth-order valence-corrected chi connectivity index (χ4v) is 2.57. The van der Waals surface area contributed by atoms with Crippen LogP contribution in [-0.2, 0) is 19.6 Å². The molecule has 4 N–H and O–H groups in total. The largest absolute Gasteiger partial charge is 0.389 e. The van der Waals surface area contributed by atoms with Crippen LogP contribution in [0, 0.1) is 0 Å². The first-order valence-electron chi connectivity index (χ1n) is 6.02. The molecule has 1 amide bonds. The van der Waals surface area contributed by atoms with Crippen molar-refractivity contribution in [1.29, 1.82) is 0 Å². The van der Waals surface area contributed by atoms with E-state index in [0.717, 1.165) is 0 Å². The van der Waals surface area contributed by atoms with E-state index < -0.39 is 15.9 Å². The highest BCUT2D eigenvalue weighted by Gasteiger charge is 2.16. The molecule has 7 nitrogen and oxygen atoms in total. The number of amides is 1. The second kappa shape index (κ2) is 8.03. The molecule has 1 aromatic rings. The zero-order valence-corrected chi connectivity index (χ0v) is 13.1. The Morgan fingerprint density at radius 3 is 2.76 bits per heavy atom. The van der Waals surface area contributed by atoms with Crippen LogP contribution in [0.1, 0.15) is 5.56 Å². The quantitative estimate of drug-likeness (QED) is 0.432. The van der Waals surface area contributed by atoms with E-state index in [1.807, 2.05) is 0 Å². The summed E-state index contributed by atoms with van der Waals surface area (Å²) >= 11 is 4.80. The number of carbonyl (C=O) groups is 1. The lowest BCUT2D eigenvalue weighted by molar-refractivity contribution is -0.120. The smallest absolute Gasteiger partial charge is 0.241 e. The summed E-state index contributed by atoms with van der Waals surface area (Å²) in [6, 6.07) is 5.89. The van der Waals surface area contributed by atoms with Crippen molar-refractivity contribution in [2.24, 2.45) is 5.73 Å². The Morgan fingerprint density at radius 1 is 1.43 bits per heavy atom. The Kier molecular flexibility index (Phi) is 6.69. The second-order valence-corrected chi connectivity index (χ2v) is 6.27. The van der Waals surface area contributed by atoms with Crippen LogP contribution in [-0.4, -0.2) is 46.1 Å². The summed E-state index contributed by atoms with van der Waals surface area (Å²) in [4.78, 5) is 11.5. The Morgan fingerprint density at radius 2 is 2.14 bits per heavy atom. The number of nitrogens with one attached hydrogen (secondary N) is 2. The van der Waals surface area contributed by atoms with Crippen LogP contribution < -0.4 is 15.8 Å². The summed E-state index contributed by atoms with van der Waals surface area (Å²) in [6.07, 6.45) is 0. The topological polar surface area (TPSA) is 111 Å². The van der Waals surface area contributed by atoms with Crippen molar-refractivity contribution in [3.05, 3.63) is 29.8 Å². The van der Waals surface area contributed by atoms with Gasteiger partial charge in [0.25, 0.3) is 0 Å². The van der Waals surface area contributed by atoms with Gasteiger partial charge < -0.3 is 15.8 Å². The van der Waals surface area contributed by atoms with E-state index in [2.05, 4.69) is 10.0 Å². The molecule has 0 spiro atoms. The van der Waals surface area contributed by atoms with Gasteiger partial charge in [0.15, 0.2) is 0 Å². The molecule has 9 heteroatoms. The van der Waals surface area contributed by atoms with Crippen LogP contribution >= 0.6 is 12.2 Å². The van der Waals surface area contributed by atoms with Gasteiger partial charge in [0.1, 0.15) is 4.99 Å². The predicted molar refractivity (Wildman–Crippen MR) is 82.4 cm³/mol. The van der Waals surface area contributed by atoms with Crippen LogP contribution in [0.5, 0.6) is 0 Å². The molecule has 0 bridgehead atoms. The van der Waals surface area contributed by atoms with Crippen molar-refractivity contribution < 1.29 is 17.9 Å². The second-order valence-electron chi connectivity index (χ2n) is 4.06. The predicted octanol–water partition coefficient (Wildman–Crippen LogP) is -0.638. The molecule has 0 unspecified atom stereocenters. The number of thiocarbonyl (C=S) groups is 1. The molecule has 116 valence electrons. The van der Waals surface area contributed by atoms with Gasteiger partial charge in [-0.25, -0.2) is 13.1 Å². The van der Waals surface area contributed by atoms with E-state index in [1.54, 1.807) is 6.07 Å². The number of hydrogen-bond donors (Lipinski definition) is 3. The molecule has 21 heavy (non-hydrogen) atoms. The Hall–Kier alpha value is -1.55. The first kappa shape index (κ1) is 17.5. The molecule has 0 fully saturated rings. The normalized spacial score (nSPS) is 11.1. The fraction of sp³-hybridized carbons (Fsp3) is 0.333. The first-order chi connectivity index (χ1) is 9.86. The number of ether oxygens (including phenoxy) is 1. The maximum Gasteiger partial charge on any atom is 0.241 e. The minimum absolute atomic E-state index is 0.00232. The first-order valence-corrected chi connectivity index (χ1v) is 7.91. The molecule has 0 aromatic heterocycles. The van der Waals surface area contributed by atoms with E-state index in [0.29, 0.717) is 18.7 Å². The van der Waals surface area contributed by atoms with Gasteiger partial charge >= 0.3 is 0 Å². The third-order valence-corrected chi connectivity index (χ3v) is 4.11. The molecular weight excluding hydrogens is 314 g/mol. The molecule has 0 heterocycles. The van der Waals surface area contributed by atoms with Crippen molar-refractivity contribution in [2.45, 2.75) is 4.90 Å². The van der Waals surface area contributed by atoms with Gasteiger partial charge in [0, 0.05) is 19.2 Å². The molecular formula is C12H17N3O4S2. The highest BCUT2D eigenvalue weighted by Crippen LogP contribution is 2.11. The molecule has 0 aliphatic rings. The maximum atomic E-state index is 12.0.